The third kappa shape index (κ3) is 3.13. The molecule has 0 radical (unpaired) electrons. The number of aromatic nitrogens is 4. The van der Waals surface area contributed by atoms with Crippen molar-refractivity contribution in [2.75, 3.05) is 25.5 Å². The predicted molar refractivity (Wildman–Crippen MR) is 107 cm³/mol. The Morgan fingerprint density at radius 3 is 2.71 bits per heavy atom. The van der Waals surface area contributed by atoms with E-state index in [9.17, 15) is 9.59 Å². The van der Waals surface area contributed by atoms with Gasteiger partial charge in [-0.25, -0.2) is 4.79 Å². The van der Waals surface area contributed by atoms with Gasteiger partial charge in [0.2, 0.25) is 0 Å². The number of amides is 1. The summed E-state index contributed by atoms with van der Waals surface area (Å²) in [5, 5.41) is 7.35. The van der Waals surface area contributed by atoms with Gasteiger partial charge in [0.05, 0.1) is 29.0 Å². The number of aromatic amines is 1. The summed E-state index contributed by atoms with van der Waals surface area (Å²) in [6.45, 7) is 2.12. The highest BCUT2D eigenvalue weighted by Crippen LogP contribution is 2.35. The fraction of sp³-hybridized carbons (Fsp3) is 0.450. The Labute approximate surface area is 162 Å². The Morgan fingerprint density at radius 2 is 1.96 bits per heavy atom. The first-order valence-corrected chi connectivity index (χ1v) is 9.87. The van der Waals surface area contributed by atoms with Gasteiger partial charge in [-0.3, -0.25) is 14.0 Å². The van der Waals surface area contributed by atoms with E-state index in [0.29, 0.717) is 28.9 Å². The number of rotatable bonds is 4. The van der Waals surface area contributed by atoms with E-state index in [2.05, 4.69) is 27.3 Å². The van der Waals surface area contributed by atoms with Gasteiger partial charge in [-0.15, -0.1) is 0 Å². The summed E-state index contributed by atoms with van der Waals surface area (Å²) in [7, 11) is 2.13. The number of carbonyl (C=O) groups is 1. The summed E-state index contributed by atoms with van der Waals surface area (Å²) < 4.78 is 3.75. The largest absolute Gasteiger partial charge is 0.326 e. The number of likely N-dealkylation sites (tertiary alicyclic amines) is 1. The fourth-order valence-corrected chi connectivity index (χ4v) is 4.03. The third-order valence-corrected chi connectivity index (χ3v) is 5.81. The van der Waals surface area contributed by atoms with Gasteiger partial charge in [0, 0.05) is 17.8 Å². The van der Waals surface area contributed by atoms with E-state index in [1.807, 2.05) is 16.9 Å². The van der Waals surface area contributed by atoms with Crippen LogP contribution in [-0.4, -0.2) is 50.3 Å². The second-order valence-corrected chi connectivity index (χ2v) is 7.96. The zero-order valence-corrected chi connectivity index (χ0v) is 15.9. The minimum Gasteiger partial charge on any atom is -0.319 e. The number of hydrogen-bond acceptors (Lipinski definition) is 4. The van der Waals surface area contributed by atoms with Crippen LogP contribution in [0.4, 0.5) is 5.69 Å². The first-order chi connectivity index (χ1) is 13.6. The van der Waals surface area contributed by atoms with Crippen molar-refractivity contribution in [3.63, 3.8) is 0 Å². The summed E-state index contributed by atoms with van der Waals surface area (Å²) in [6, 6.07) is 6.04. The average Bonchev–Trinajstić information content (AvgIpc) is 3.31. The molecule has 8 heteroatoms. The van der Waals surface area contributed by atoms with E-state index in [-0.39, 0.29) is 11.6 Å². The number of nitrogens with one attached hydrogen (secondary N) is 2. The van der Waals surface area contributed by atoms with Crippen LogP contribution in [-0.2, 0) is 0 Å². The Morgan fingerprint density at radius 1 is 1.18 bits per heavy atom. The van der Waals surface area contributed by atoms with E-state index < -0.39 is 0 Å². The molecule has 1 saturated heterocycles. The van der Waals surface area contributed by atoms with E-state index in [4.69, 9.17) is 0 Å². The normalized spacial score (nSPS) is 18.6. The zero-order chi connectivity index (χ0) is 19.3. The standard InChI is InChI=1S/C20H24N6O2/c1-24-8-6-15(7-9-24)25-12-14(11-21-25)22-19(27)13-2-5-18-17(10-13)23-20(28)26(18)16-3-4-16/h2,5,10-12,15-16H,3-4,6-9H2,1H3,(H,22,27)(H,23,28). The molecule has 1 amide bonds. The third-order valence-electron chi connectivity index (χ3n) is 5.81. The number of fused-ring (bicyclic) bond motifs is 1. The van der Waals surface area contributed by atoms with E-state index in [1.165, 1.54) is 0 Å². The minimum atomic E-state index is -0.204. The molecule has 3 heterocycles. The van der Waals surface area contributed by atoms with Crippen LogP contribution in [0.3, 0.4) is 0 Å². The molecule has 0 atom stereocenters. The van der Waals surface area contributed by atoms with Gasteiger partial charge >= 0.3 is 5.69 Å². The zero-order valence-electron chi connectivity index (χ0n) is 15.9. The highest BCUT2D eigenvalue weighted by molar-refractivity contribution is 6.05. The molecule has 1 aliphatic carbocycles. The SMILES string of the molecule is CN1CCC(n2cc(NC(=O)c3ccc4c(c3)[nH]c(=O)n4C3CC3)cn2)CC1. The molecule has 5 rings (SSSR count). The molecule has 8 nitrogen and oxygen atoms in total. The van der Waals surface area contributed by atoms with Crippen LogP contribution >= 0.6 is 0 Å². The molecule has 2 N–H and O–H groups in total. The first kappa shape index (κ1) is 17.2. The maximum atomic E-state index is 12.7. The molecule has 146 valence electrons. The molecule has 2 aliphatic rings. The number of benzene rings is 1. The molecule has 1 saturated carbocycles. The maximum absolute atomic E-state index is 12.7. The number of carbonyl (C=O) groups excluding carboxylic acids is 1. The number of H-pyrrole nitrogens is 1. The molecular formula is C20H24N6O2. The molecule has 1 aliphatic heterocycles. The molecule has 2 fully saturated rings. The summed E-state index contributed by atoms with van der Waals surface area (Å²) >= 11 is 0. The van der Waals surface area contributed by atoms with E-state index in [0.717, 1.165) is 44.3 Å². The van der Waals surface area contributed by atoms with Gasteiger partial charge in [-0.05, 0) is 64.0 Å². The summed E-state index contributed by atoms with van der Waals surface area (Å²) in [6.07, 6.45) is 7.80. The molecule has 3 aromatic rings. The van der Waals surface area contributed by atoms with Crippen molar-refractivity contribution in [3.8, 4) is 0 Å². The molecular weight excluding hydrogens is 356 g/mol. The molecule has 0 spiro atoms. The van der Waals surface area contributed by atoms with Crippen molar-refractivity contribution in [1.29, 1.82) is 0 Å². The lowest BCUT2D eigenvalue weighted by molar-refractivity contribution is 0.102. The molecule has 0 bridgehead atoms. The van der Waals surface area contributed by atoms with Crippen molar-refractivity contribution in [1.82, 2.24) is 24.2 Å². The van der Waals surface area contributed by atoms with Crippen molar-refractivity contribution in [2.24, 2.45) is 0 Å². The van der Waals surface area contributed by atoms with Crippen LogP contribution in [0.15, 0.2) is 35.4 Å². The quantitative estimate of drug-likeness (QED) is 0.727. The second kappa shape index (κ2) is 6.63. The Balaban J connectivity index is 1.32. The van der Waals surface area contributed by atoms with Gasteiger partial charge in [-0.2, -0.15) is 5.10 Å². The van der Waals surface area contributed by atoms with Gasteiger partial charge in [0.1, 0.15) is 0 Å². The van der Waals surface area contributed by atoms with E-state index >= 15 is 0 Å². The molecule has 2 aromatic heterocycles. The molecule has 0 unspecified atom stereocenters. The lowest BCUT2D eigenvalue weighted by Crippen LogP contribution is -2.31. The van der Waals surface area contributed by atoms with E-state index in [1.54, 1.807) is 22.9 Å². The van der Waals surface area contributed by atoms with Crippen LogP contribution in [0, 0.1) is 0 Å². The number of anilines is 1. The highest BCUT2D eigenvalue weighted by atomic mass is 16.2. The minimum absolute atomic E-state index is 0.102. The van der Waals surface area contributed by atoms with Gasteiger partial charge in [0.25, 0.3) is 5.91 Å². The summed E-state index contributed by atoms with van der Waals surface area (Å²) in [5.74, 6) is -0.204. The second-order valence-electron chi connectivity index (χ2n) is 7.96. The van der Waals surface area contributed by atoms with Crippen LogP contribution < -0.4 is 11.0 Å². The van der Waals surface area contributed by atoms with Crippen LogP contribution in [0.2, 0.25) is 0 Å². The topological polar surface area (TPSA) is 88.0 Å². The van der Waals surface area contributed by atoms with Gasteiger partial charge < -0.3 is 15.2 Å². The predicted octanol–water partition coefficient (Wildman–Crippen LogP) is 2.38. The van der Waals surface area contributed by atoms with Gasteiger partial charge in [-0.1, -0.05) is 0 Å². The first-order valence-electron chi connectivity index (χ1n) is 9.87. The highest BCUT2D eigenvalue weighted by Gasteiger charge is 2.27. The maximum Gasteiger partial charge on any atom is 0.326 e. The number of hydrogen-bond donors (Lipinski definition) is 2. The molecule has 1 aromatic carbocycles. The van der Waals surface area contributed by atoms with Crippen LogP contribution in [0.5, 0.6) is 0 Å². The Hall–Kier alpha value is -2.87. The Kier molecular flexibility index (Phi) is 4.08. The number of imidazole rings is 1. The Bertz CT molecular complexity index is 1080. The summed E-state index contributed by atoms with van der Waals surface area (Å²) in [5.41, 5.74) is 2.66. The lowest BCUT2D eigenvalue weighted by atomic mass is 10.1. The average molecular weight is 380 g/mol. The lowest BCUT2D eigenvalue weighted by Gasteiger charge is -2.28. The van der Waals surface area contributed by atoms with Crippen molar-refractivity contribution in [2.45, 2.75) is 37.8 Å². The van der Waals surface area contributed by atoms with Crippen LogP contribution in [0.25, 0.3) is 11.0 Å². The molecule has 28 heavy (non-hydrogen) atoms. The van der Waals surface area contributed by atoms with Crippen molar-refractivity contribution in [3.05, 3.63) is 46.6 Å². The summed E-state index contributed by atoms with van der Waals surface area (Å²) in [4.78, 5) is 30.0. The number of piperidine rings is 1. The van der Waals surface area contributed by atoms with Gasteiger partial charge in [0.15, 0.2) is 0 Å². The monoisotopic (exact) mass is 380 g/mol. The van der Waals surface area contributed by atoms with Crippen LogP contribution in [0.1, 0.15) is 48.1 Å². The van der Waals surface area contributed by atoms with Crippen molar-refractivity contribution >= 4 is 22.6 Å². The smallest absolute Gasteiger partial charge is 0.319 e. The number of nitrogens with zero attached hydrogens (tertiary/aromatic N) is 4. The van der Waals surface area contributed by atoms with Crippen molar-refractivity contribution < 1.29 is 4.79 Å². The fourth-order valence-electron chi connectivity index (χ4n) is 4.03.